The first-order valence-electron chi connectivity index (χ1n) is 10.1. The minimum absolute atomic E-state index is 0.176. The average molecular weight is 464 g/mol. The third kappa shape index (κ3) is 4.78. The van der Waals surface area contributed by atoms with Crippen molar-refractivity contribution in [2.24, 2.45) is 0 Å². The van der Waals surface area contributed by atoms with E-state index in [0.29, 0.717) is 10.0 Å². The predicted octanol–water partition coefficient (Wildman–Crippen LogP) is 6.02. The van der Waals surface area contributed by atoms with Crippen molar-refractivity contribution < 1.29 is 0 Å². The molecule has 0 radical (unpaired) electrons. The molecule has 1 aliphatic rings. The van der Waals surface area contributed by atoms with E-state index in [1.807, 2.05) is 37.3 Å². The fraction of sp³-hybridized carbons (Fsp3) is 0.348. The van der Waals surface area contributed by atoms with Crippen molar-refractivity contribution in [2.45, 2.75) is 26.4 Å². The molecule has 0 saturated carbocycles. The predicted molar refractivity (Wildman–Crippen MR) is 126 cm³/mol. The molecule has 30 heavy (non-hydrogen) atoms. The van der Waals surface area contributed by atoms with Gasteiger partial charge < -0.3 is 4.90 Å². The first-order valence-corrected chi connectivity index (χ1v) is 11.2. The highest BCUT2D eigenvalue weighted by Gasteiger charge is 2.29. The van der Waals surface area contributed by atoms with Gasteiger partial charge in [-0.3, -0.25) is 9.58 Å². The molecule has 0 spiro atoms. The maximum absolute atomic E-state index is 6.57. The summed E-state index contributed by atoms with van der Waals surface area (Å²) in [7, 11) is 0. The lowest BCUT2D eigenvalue weighted by molar-refractivity contribution is 0.212. The van der Waals surface area contributed by atoms with E-state index in [1.54, 1.807) is 0 Å². The molecule has 1 aliphatic heterocycles. The summed E-state index contributed by atoms with van der Waals surface area (Å²) in [4.78, 5) is 4.87. The Labute approximate surface area is 192 Å². The normalized spacial score (nSPS) is 17.5. The van der Waals surface area contributed by atoms with Crippen LogP contribution in [-0.4, -0.2) is 40.9 Å². The van der Waals surface area contributed by atoms with Crippen molar-refractivity contribution >= 4 is 40.5 Å². The smallest absolute Gasteiger partial charge is 0.0670 e. The van der Waals surface area contributed by atoms with Gasteiger partial charge >= 0.3 is 0 Å². The summed E-state index contributed by atoms with van der Waals surface area (Å²) >= 11 is 18.8. The number of piperazine rings is 1. The number of nitrogens with zero attached hydrogens (tertiary/aromatic N) is 4. The molecule has 0 unspecified atom stereocenters. The monoisotopic (exact) mass is 462 g/mol. The molecule has 0 bridgehead atoms. The second kappa shape index (κ2) is 9.19. The van der Waals surface area contributed by atoms with E-state index in [1.165, 1.54) is 11.3 Å². The summed E-state index contributed by atoms with van der Waals surface area (Å²) in [6.45, 7) is 8.72. The van der Waals surface area contributed by atoms with Gasteiger partial charge in [0.15, 0.2) is 0 Å². The summed E-state index contributed by atoms with van der Waals surface area (Å²) in [5, 5.41) is 6.67. The van der Waals surface area contributed by atoms with E-state index in [0.717, 1.165) is 49.1 Å². The maximum Gasteiger partial charge on any atom is 0.0670 e. The minimum Gasteiger partial charge on any atom is -0.361 e. The lowest BCUT2D eigenvalue weighted by atomic mass is 10.0. The van der Waals surface area contributed by atoms with E-state index in [-0.39, 0.29) is 6.04 Å². The summed E-state index contributed by atoms with van der Waals surface area (Å²) < 4.78 is 2.09. The Kier molecular flexibility index (Phi) is 6.59. The summed E-state index contributed by atoms with van der Waals surface area (Å²) in [5.74, 6) is 0. The molecule has 2 heterocycles. The van der Waals surface area contributed by atoms with Crippen LogP contribution >= 0.6 is 34.8 Å². The second-order valence-electron chi connectivity index (χ2n) is 7.81. The largest absolute Gasteiger partial charge is 0.361 e. The Bertz CT molecular complexity index is 1020. The van der Waals surface area contributed by atoms with Crippen LogP contribution in [0.1, 0.15) is 23.0 Å². The van der Waals surface area contributed by atoms with Crippen molar-refractivity contribution in [3.8, 4) is 0 Å². The van der Waals surface area contributed by atoms with Crippen LogP contribution in [0.4, 0.5) is 5.69 Å². The van der Waals surface area contributed by atoms with Gasteiger partial charge in [-0.2, -0.15) is 5.10 Å². The topological polar surface area (TPSA) is 24.3 Å². The number of aryl methyl sites for hydroxylation is 2. The van der Waals surface area contributed by atoms with Gasteiger partial charge in [0.1, 0.15) is 0 Å². The Hall–Kier alpha value is -1.72. The molecule has 4 rings (SSSR count). The molecule has 158 valence electrons. The minimum atomic E-state index is 0.176. The fourth-order valence-corrected chi connectivity index (χ4v) is 4.80. The van der Waals surface area contributed by atoms with Crippen molar-refractivity contribution in [3.63, 3.8) is 0 Å². The van der Waals surface area contributed by atoms with Gasteiger partial charge in [-0.25, -0.2) is 0 Å². The fourth-order valence-electron chi connectivity index (χ4n) is 4.15. The lowest BCUT2D eigenvalue weighted by Crippen LogP contribution is -2.49. The maximum atomic E-state index is 6.57. The first-order chi connectivity index (χ1) is 14.4. The number of rotatable bonds is 5. The van der Waals surface area contributed by atoms with Gasteiger partial charge in [0.05, 0.1) is 29.0 Å². The summed E-state index contributed by atoms with van der Waals surface area (Å²) in [5.41, 5.74) is 4.50. The van der Waals surface area contributed by atoms with Gasteiger partial charge in [0, 0.05) is 41.9 Å². The number of anilines is 1. The van der Waals surface area contributed by atoms with Crippen LogP contribution in [0, 0.1) is 13.8 Å². The van der Waals surface area contributed by atoms with Gasteiger partial charge in [0.25, 0.3) is 0 Å². The van der Waals surface area contributed by atoms with Crippen LogP contribution in [0.3, 0.4) is 0 Å². The van der Waals surface area contributed by atoms with Crippen LogP contribution in [-0.2, 0) is 6.54 Å². The van der Waals surface area contributed by atoms with Crippen molar-refractivity contribution in [3.05, 3.63) is 80.6 Å². The Balaban J connectivity index is 1.56. The van der Waals surface area contributed by atoms with Crippen LogP contribution in [0.25, 0.3) is 0 Å². The molecule has 3 aromatic rings. The van der Waals surface area contributed by atoms with Gasteiger partial charge in [0.2, 0.25) is 0 Å². The van der Waals surface area contributed by atoms with E-state index in [2.05, 4.69) is 44.7 Å². The SMILES string of the molecule is Cc1cc(C)n(CCN2CCN(c3ccc(Cl)cc3Cl)[C@H](c3ccc(Cl)cc3)C2)n1. The molecule has 1 aromatic heterocycles. The summed E-state index contributed by atoms with van der Waals surface area (Å²) in [6, 6.07) is 16.1. The van der Waals surface area contributed by atoms with Crippen molar-refractivity contribution in [2.75, 3.05) is 31.1 Å². The molecule has 4 nitrogen and oxygen atoms in total. The molecule has 0 N–H and O–H groups in total. The third-order valence-corrected chi connectivity index (χ3v) is 6.46. The molecule has 1 atom stereocenters. The molecule has 7 heteroatoms. The zero-order valence-corrected chi connectivity index (χ0v) is 19.4. The van der Waals surface area contributed by atoms with Gasteiger partial charge in [-0.1, -0.05) is 46.9 Å². The number of halogens is 3. The quantitative estimate of drug-likeness (QED) is 0.462. The molecule has 0 amide bonds. The van der Waals surface area contributed by atoms with Crippen LogP contribution in [0.15, 0.2) is 48.5 Å². The Morgan fingerprint density at radius 3 is 2.30 bits per heavy atom. The van der Waals surface area contributed by atoms with Gasteiger partial charge in [-0.15, -0.1) is 0 Å². The summed E-state index contributed by atoms with van der Waals surface area (Å²) in [6.07, 6.45) is 0. The highest BCUT2D eigenvalue weighted by atomic mass is 35.5. The molecule has 0 aliphatic carbocycles. The highest BCUT2D eigenvalue weighted by molar-refractivity contribution is 6.36. The first kappa shape index (κ1) is 21.5. The third-order valence-electron chi connectivity index (χ3n) is 5.67. The number of hydrogen-bond donors (Lipinski definition) is 0. The molecule has 2 aromatic carbocycles. The molecular weight excluding hydrogens is 439 g/mol. The number of benzene rings is 2. The van der Waals surface area contributed by atoms with Crippen LogP contribution < -0.4 is 4.90 Å². The van der Waals surface area contributed by atoms with E-state index >= 15 is 0 Å². The van der Waals surface area contributed by atoms with Crippen LogP contribution in [0.5, 0.6) is 0 Å². The average Bonchev–Trinajstić information content (AvgIpc) is 3.04. The second-order valence-corrected chi connectivity index (χ2v) is 9.09. The lowest BCUT2D eigenvalue weighted by Gasteiger charge is -2.43. The number of aromatic nitrogens is 2. The zero-order valence-electron chi connectivity index (χ0n) is 17.2. The van der Waals surface area contributed by atoms with E-state index in [9.17, 15) is 0 Å². The van der Waals surface area contributed by atoms with Crippen molar-refractivity contribution in [1.82, 2.24) is 14.7 Å². The van der Waals surface area contributed by atoms with Crippen molar-refractivity contribution in [1.29, 1.82) is 0 Å². The van der Waals surface area contributed by atoms with Gasteiger partial charge in [-0.05, 0) is 55.8 Å². The number of hydrogen-bond acceptors (Lipinski definition) is 3. The molecule has 1 fully saturated rings. The van der Waals surface area contributed by atoms with Crippen LogP contribution in [0.2, 0.25) is 15.1 Å². The van der Waals surface area contributed by atoms with E-state index < -0.39 is 0 Å². The molecule has 1 saturated heterocycles. The standard InChI is InChI=1S/C23H25Cl3N4/c1-16-13-17(2)30(27-16)12-10-28-9-11-29(22-8-7-20(25)14-21(22)26)23(15-28)18-3-5-19(24)6-4-18/h3-8,13-14,23H,9-12,15H2,1-2H3/t23-/m0/s1. The zero-order chi connectivity index (χ0) is 21.3. The van der Waals surface area contributed by atoms with E-state index in [4.69, 9.17) is 34.8 Å². The Morgan fingerprint density at radius 1 is 0.900 bits per heavy atom. The molecular formula is C23H25Cl3N4. The highest BCUT2D eigenvalue weighted by Crippen LogP contribution is 2.36. The Morgan fingerprint density at radius 2 is 1.63 bits per heavy atom.